The Morgan fingerprint density at radius 2 is 2.07 bits per heavy atom. The molecule has 0 radical (unpaired) electrons. The topological polar surface area (TPSA) is 115 Å². The zero-order valence-electron chi connectivity index (χ0n) is 16.1. The van der Waals surface area contributed by atoms with Crippen LogP contribution in [-0.4, -0.2) is 38.6 Å². The molecule has 1 aromatic carbocycles. The zero-order chi connectivity index (χ0) is 20.8. The normalized spacial score (nSPS) is 12.0. The molecule has 29 heavy (non-hydrogen) atoms. The maximum atomic E-state index is 12.6. The van der Waals surface area contributed by atoms with E-state index in [0.29, 0.717) is 22.2 Å². The van der Waals surface area contributed by atoms with Crippen molar-refractivity contribution in [3.63, 3.8) is 0 Å². The molecule has 1 amide bonds. The van der Waals surface area contributed by atoms with Crippen LogP contribution in [0, 0.1) is 0 Å². The molecule has 0 saturated heterocycles. The number of aliphatic hydroxyl groups is 1. The molecule has 0 aliphatic heterocycles. The molecule has 2 heterocycles. The second-order valence-electron chi connectivity index (χ2n) is 6.78. The Morgan fingerprint density at radius 3 is 2.79 bits per heavy atom. The van der Waals surface area contributed by atoms with Gasteiger partial charge in [-0.05, 0) is 37.6 Å². The van der Waals surface area contributed by atoms with Gasteiger partial charge in [0.05, 0.1) is 18.3 Å². The SMILES string of the molecule is CC(C)NNc1cc(-c2c[nH]c(C(=O)NC(CO)c3cccc(Cl)c3)c2)ncn1. The quantitative estimate of drug-likeness (QED) is 0.362. The molecule has 0 bridgehead atoms. The van der Waals surface area contributed by atoms with E-state index in [1.165, 1.54) is 6.33 Å². The number of benzene rings is 1. The van der Waals surface area contributed by atoms with E-state index in [4.69, 9.17) is 11.6 Å². The number of aromatic nitrogens is 3. The number of hydrazine groups is 1. The molecule has 0 fully saturated rings. The maximum Gasteiger partial charge on any atom is 0.268 e. The summed E-state index contributed by atoms with van der Waals surface area (Å²) in [5, 5.41) is 13.0. The van der Waals surface area contributed by atoms with Crippen LogP contribution in [0.25, 0.3) is 11.3 Å². The summed E-state index contributed by atoms with van der Waals surface area (Å²) < 4.78 is 0. The van der Waals surface area contributed by atoms with Gasteiger partial charge in [-0.1, -0.05) is 23.7 Å². The van der Waals surface area contributed by atoms with Gasteiger partial charge in [0.1, 0.15) is 17.8 Å². The average Bonchev–Trinajstić information content (AvgIpc) is 3.21. The molecule has 0 saturated carbocycles. The highest BCUT2D eigenvalue weighted by Crippen LogP contribution is 2.21. The minimum Gasteiger partial charge on any atom is -0.394 e. The van der Waals surface area contributed by atoms with Crippen molar-refractivity contribution in [1.29, 1.82) is 0 Å². The van der Waals surface area contributed by atoms with E-state index in [-0.39, 0.29) is 18.6 Å². The van der Waals surface area contributed by atoms with Crippen molar-refractivity contribution in [2.24, 2.45) is 0 Å². The largest absolute Gasteiger partial charge is 0.394 e. The Balaban J connectivity index is 1.72. The highest BCUT2D eigenvalue weighted by atomic mass is 35.5. The summed E-state index contributed by atoms with van der Waals surface area (Å²) >= 11 is 6.00. The van der Waals surface area contributed by atoms with E-state index in [1.54, 1.807) is 42.6 Å². The third kappa shape index (κ3) is 5.54. The fraction of sp³-hybridized carbons (Fsp3) is 0.250. The first-order valence-corrected chi connectivity index (χ1v) is 9.53. The molecular formula is C20H23ClN6O2. The number of nitrogens with one attached hydrogen (secondary N) is 4. The molecule has 1 unspecified atom stereocenters. The van der Waals surface area contributed by atoms with Gasteiger partial charge in [-0.2, -0.15) is 0 Å². The molecule has 0 aliphatic carbocycles. The van der Waals surface area contributed by atoms with Crippen LogP contribution in [-0.2, 0) is 0 Å². The monoisotopic (exact) mass is 414 g/mol. The first kappa shape index (κ1) is 20.8. The molecule has 3 rings (SSSR count). The summed E-state index contributed by atoms with van der Waals surface area (Å²) in [4.78, 5) is 24.0. The third-order valence-corrected chi connectivity index (χ3v) is 4.35. The molecule has 2 aromatic heterocycles. The van der Waals surface area contributed by atoms with Gasteiger partial charge in [-0.25, -0.2) is 15.4 Å². The standard InChI is InChI=1S/C20H23ClN6O2/c1-12(2)26-27-19-8-16(23-11-24-19)14-7-17(22-9-14)20(29)25-18(10-28)13-4-3-5-15(21)6-13/h3-9,11-12,18,22,26,28H,10H2,1-2H3,(H,25,29)(H,23,24,27). The van der Waals surface area contributed by atoms with Crippen molar-refractivity contribution in [3.8, 4) is 11.3 Å². The predicted octanol–water partition coefficient (Wildman–Crippen LogP) is 2.91. The minimum atomic E-state index is -0.565. The van der Waals surface area contributed by atoms with Crippen molar-refractivity contribution in [2.45, 2.75) is 25.9 Å². The highest BCUT2D eigenvalue weighted by molar-refractivity contribution is 6.30. The Bertz CT molecular complexity index is 975. The first-order chi connectivity index (χ1) is 14.0. The van der Waals surface area contributed by atoms with Crippen molar-refractivity contribution in [2.75, 3.05) is 12.0 Å². The van der Waals surface area contributed by atoms with Crippen LogP contribution in [0.15, 0.2) is 48.9 Å². The van der Waals surface area contributed by atoms with Crippen molar-refractivity contribution in [3.05, 3.63) is 65.2 Å². The number of anilines is 1. The van der Waals surface area contributed by atoms with Crippen LogP contribution >= 0.6 is 11.6 Å². The van der Waals surface area contributed by atoms with Crippen molar-refractivity contribution in [1.82, 2.24) is 25.7 Å². The van der Waals surface area contributed by atoms with E-state index in [9.17, 15) is 9.90 Å². The van der Waals surface area contributed by atoms with Crippen molar-refractivity contribution < 1.29 is 9.90 Å². The van der Waals surface area contributed by atoms with Crippen LogP contribution in [0.5, 0.6) is 0 Å². The summed E-state index contributed by atoms with van der Waals surface area (Å²) in [7, 11) is 0. The van der Waals surface area contributed by atoms with Crippen LogP contribution in [0.4, 0.5) is 5.82 Å². The molecule has 3 aromatic rings. The second kappa shape index (κ2) is 9.51. The fourth-order valence-corrected chi connectivity index (χ4v) is 2.87. The van der Waals surface area contributed by atoms with Crippen LogP contribution < -0.4 is 16.2 Å². The molecule has 9 heteroatoms. The lowest BCUT2D eigenvalue weighted by molar-refractivity contribution is 0.0912. The number of rotatable bonds is 8. The number of hydrogen-bond donors (Lipinski definition) is 5. The fourth-order valence-electron chi connectivity index (χ4n) is 2.67. The lowest BCUT2D eigenvalue weighted by atomic mass is 10.1. The average molecular weight is 415 g/mol. The summed E-state index contributed by atoms with van der Waals surface area (Å²) in [5.74, 6) is 0.279. The van der Waals surface area contributed by atoms with E-state index < -0.39 is 6.04 Å². The number of hydrogen-bond acceptors (Lipinski definition) is 6. The predicted molar refractivity (Wildman–Crippen MR) is 112 cm³/mol. The lowest BCUT2D eigenvalue weighted by Crippen LogP contribution is -2.31. The van der Waals surface area contributed by atoms with Gasteiger partial charge < -0.3 is 20.8 Å². The smallest absolute Gasteiger partial charge is 0.268 e. The van der Waals surface area contributed by atoms with Gasteiger partial charge in [-0.3, -0.25) is 4.79 Å². The number of aliphatic hydroxyl groups excluding tert-OH is 1. The Labute approximate surface area is 173 Å². The number of H-pyrrole nitrogens is 1. The van der Waals surface area contributed by atoms with E-state index in [2.05, 4.69) is 31.1 Å². The molecular weight excluding hydrogens is 392 g/mol. The lowest BCUT2D eigenvalue weighted by Gasteiger charge is -2.16. The Hall–Kier alpha value is -2.94. The van der Waals surface area contributed by atoms with E-state index in [0.717, 1.165) is 11.1 Å². The van der Waals surface area contributed by atoms with Crippen LogP contribution in [0.3, 0.4) is 0 Å². The van der Waals surface area contributed by atoms with E-state index >= 15 is 0 Å². The zero-order valence-corrected chi connectivity index (χ0v) is 16.9. The van der Waals surface area contributed by atoms with Gasteiger partial charge >= 0.3 is 0 Å². The molecule has 0 spiro atoms. The highest BCUT2D eigenvalue weighted by Gasteiger charge is 2.17. The molecule has 0 aliphatic rings. The summed E-state index contributed by atoms with van der Waals surface area (Å²) in [6.45, 7) is 3.77. The maximum absolute atomic E-state index is 12.6. The minimum absolute atomic E-state index is 0.245. The van der Waals surface area contributed by atoms with Crippen LogP contribution in [0.2, 0.25) is 5.02 Å². The van der Waals surface area contributed by atoms with Gasteiger partial charge in [0, 0.05) is 28.9 Å². The van der Waals surface area contributed by atoms with Gasteiger partial charge in [0.15, 0.2) is 0 Å². The Morgan fingerprint density at radius 1 is 1.24 bits per heavy atom. The number of amides is 1. The number of carbonyl (C=O) groups is 1. The Kier molecular flexibility index (Phi) is 6.82. The molecule has 5 N–H and O–H groups in total. The number of carbonyl (C=O) groups excluding carboxylic acids is 1. The van der Waals surface area contributed by atoms with Crippen LogP contribution in [0.1, 0.15) is 35.9 Å². The molecule has 152 valence electrons. The third-order valence-electron chi connectivity index (χ3n) is 4.12. The summed E-state index contributed by atoms with van der Waals surface area (Å²) in [6.07, 6.45) is 3.15. The number of nitrogens with zero attached hydrogens (tertiary/aromatic N) is 2. The first-order valence-electron chi connectivity index (χ1n) is 9.16. The van der Waals surface area contributed by atoms with Gasteiger partial charge in [0.25, 0.3) is 5.91 Å². The van der Waals surface area contributed by atoms with Crippen molar-refractivity contribution >= 4 is 23.3 Å². The summed E-state index contributed by atoms with van der Waals surface area (Å²) in [5.41, 5.74) is 8.57. The summed E-state index contributed by atoms with van der Waals surface area (Å²) in [6, 6.07) is 10.2. The molecule has 1 atom stereocenters. The number of aromatic amines is 1. The second-order valence-corrected chi connectivity index (χ2v) is 7.21. The number of halogens is 1. The van der Waals surface area contributed by atoms with E-state index in [1.807, 2.05) is 13.8 Å². The van der Waals surface area contributed by atoms with Gasteiger partial charge in [0.2, 0.25) is 0 Å². The van der Waals surface area contributed by atoms with Gasteiger partial charge in [-0.15, -0.1) is 0 Å². The molecule has 8 nitrogen and oxygen atoms in total.